The summed E-state index contributed by atoms with van der Waals surface area (Å²) in [5.41, 5.74) is 0.190. The number of para-hydroxylation sites is 1. The number of nitrogens with one attached hydrogen (secondary N) is 2. The smallest absolute Gasteiger partial charge is 0.268 e. The minimum absolute atomic E-state index is 0.00113. The van der Waals surface area contributed by atoms with Crippen molar-refractivity contribution in [3.63, 3.8) is 0 Å². The lowest BCUT2D eigenvalue weighted by Gasteiger charge is -2.28. The molecule has 112 valence electrons. The van der Waals surface area contributed by atoms with E-state index in [4.69, 9.17) is 5.11 Å². The summed E-state index contributed by atoms with van der Waals surface area (Å²) in [6, 6.07) is 8.39. The van der Waals surface area contributed by atoms with Crippen LogP contribution < -0.4 is 10.7 Å². The number of aromatic nitrogens is 1. The van der Waals surface area contributed by atoms with Gasteiger partial charge in [-0.2, -0.15) is 0 Å². The molecular formula is C16H20N2O3. The molecule has 21 heavy (non-hydrogen) atoms. The second-order valence-electron chi connectivity index (χ2n) is 5.43. The molecule has 5 heteroatoms. The summed E-state index contributed by atoms with van der Waals surface area (Å²) in [6.45, 7) is 3.82. The Morgan fingerprint density at radius 2 is 2.10 bits per heavy atom. The number of aromatic amines is 1. The minimum atomic E-state index is -0.492. The van der Waals surface area contributed by atoms with Crippen LogP contribution in [0.15, 0.2) is 35.1 Å². The van der Waals surface area contributed by atoms with E-state index in [0.717, 1.165) is 0 Å². The van der Waals surface area contributed by atoms with Gasteiger partial charge in [-0.1, -0.05) is 19.1 Å². The third kappa shape index (κ3) is 3.31. The Morgan fingerprint density at radius 3 is 2.76 bits per heavy atom. The highest BCUT2D eigenvalue weighted by atomic mass is 16.3. The van der Waals surface area contributed by atoms with Crippen LogP contribution in [0.5, 0.6) is 0 Å². The number of benzene rings is 1. The molecule has 3 N–H and O–H groups in total. The third-order valence-corrected chi connectivity index (χ3v) is 3.84. The Bertz CT molecular complexity index is 708. The van der Waals surface area contributed by atoms with Crippen LogP contribution in [-0.2, 0) is 0 Å². The quantitative estimate of drug-likeness (QED) is 0.784. The molecule has 1 heterocycles. The molecular weight excluding hydrogens is 268 g/mol. The largest absolute Gasteiger partial charge is 0.396 e. The first-order chi connectivity index (χ1) is 9.99. The summed E-state index contributed by atoms with van der Waals surface area (Å²) in [7, 11) is 0. The van der Waals surface area contributed by atoms with Crippen LogP contribution >= 0.6 is 0 Å². The molecule has 1 aromatic carbocycles. The standard InChI is InChI=1S/C16H20N2O3/c1-3-16(2,8-9-19)18-15(21)13-10-14(20)11-6-4-5-7-12(11)17-13/h4-7,10,19H,3,8-9H2,1-2H3,(H,17,20)(H,18,21). The van der Waals surface area contributed by atoms with Crippen molar-refractivity contribution in [2.45, 2.75) is 32.2 Å². The van der Waals surface area contributed by atoms with E-state index >= 15 is 0 Å². The van der Waals surface area contributed by atoms with Crippen molar-refractivity contribution in [2.75, 3.05) is 6.61 Å². The number of H-pyrrole nitrogens is 1. The molecule has 0 fully saturated rings. The van der Waals surface area contributed by atoms with Crippen LogP contribution in [0.3, 0.4) is 0 Å². The van der Waals surface area contributed by atoms with Crippen molar-refractivity contribution in [3.05, 3.63) is 46.2 Å². The van der Waals surface area contributed by atoms with Gasteiger partial charge in [-0.3, -0.25) is 9.59 Å². The number of amides is 1. The second-order valence-corrected chi connectivity index (χ2v) is 5.43. The topological polar surface area (TPSA) is 82.2 Å². The van der Waals surface area contributed by atoms with Crippen LogP contribution in [0.2, 0.25) is 0 Å². The molecule has 0 aliphatic rings. The lowest BCUT2D eigenvalue weighted by Crippen LogP contribution is -2.46. The fourth-order valence-electron chi connectivity index (χ4n) is 2.24. The van der Waals surface area contributed by atoms with Crippen molar-refractivity contribution in [1.82, 2.24) is 10.3 Å². The van der Waals surface area contributed by atoms with Crippen molar-refractivity contribution in [3.8, 4) is 0 Å². The Labute approximate surface area is 123 Å². The highest BCUT2D eigenvalue weighted by molar-refractivity contribution is 5.95. The van der Waals surface area contributed by atoms with Gasteiger partial charge in [0.2, 0.25) is 0 Å². The molecule has 0 aliphatic carbocycles. The van der Waals surface area contributed by atoms with Gasteiger partial charge in [0.15, 0.2) is 5.43 Å². The van der Waals surface area contributed by atoms with E-state index in [-0.39, 0.29) is 23.6 Å². The number of pyridine rings is 1. The Kier molecular flexibility index (Phi) is 4.43. The van der Waals surface area contributed by atoms with E-state index in [2.05, 4.69) is 10.3 Å². The van der Waals surface area contributed by atoms with Gasteiger partial charge in [0.05, 0.1) is 0 Å². The lowest BCUT2D eigenvalue weighted by atomic mass is 9.94. The average molecular weight is 288 g/mol. The first-order valence-corrected chi connectivity index (χ1v) is 7.04. The van der Waals surface area contributed by atoms with Crippen LogP contribution in [0.25, 0.3) is 10.9 Å². The monoisotopic (exact) mass is 288 g/mol. The van der Waals surface area contributed by atoms with E-state index in [9.17, 15) is 9.59 Å². The Hall–Kier alpha value is -2.14. The molecule has 0 spiro atoms. The highest BCUT2D eigenvalue weighted by Crippen LogP contribution is 2.15. The molecule has 0 aliphatic heterocycles. The van der Waals surface area contributed by atoms with Crippen molar-refractivity contribution in [1.29, 1.82) is 0 Å². The zero-order valence-electron chi connectivity index (χ0n) is 12.3. The minimum Gasteiger partial charge on any atom is -0.396 e. The maximum atomic E-state index is 12.3. The number of aliphatic hydroxyl groups is 1. The van der Waals surface area contributed by atoms with Gasteiger partial charge in [-0.25, -0.2) is 0 Å². The number of hydrogen-bond donors (Lipinski definition) is 3. The highest BCUT2D eigenvalue weighted by Gasteiger charge is 2.24. The molecule has 0 saturated heterocycles. The zero-order valence-corrected chi connectivity index (χ0v) is 12.3. The van der Waals surface area contributed by atoms with Gasteiger partial charge < -0.3 is 15.4 Å². The van der Waals surface area contributed by atoms with E-state index in [0.29, 0.717) is 23.7 Å². The molecule has 0 radical (unpaired) electrons. The van der Waals surface area contributed by atoms with E-state index < -0.39 is 5.54 Å². The summed E-state index contributed by atoms with van der Waals surface area (Å²) < 4.78 is 0. The van der Waals surface area contributed by atoms with Crippen molar-refractivity contribution in [2.24, 2.45) is 0 Å². The SMILES string of the molecule is CCC(C)(CCO)NC(=O)c1cc(=O)c2ccccc2[nH]1. The summed E-state index contributed by atoms with van der Waals surface area (Å²) in [4.78, 5) is 27.3. The molecule has 2 rings (SSSR count). The summed E-state index contributed by atoms with van der Waals surface area (Å²) in [6.07, 6.45) is 1.16. The first-order valence-electron chi connectivity index (χ1n) is 7.04. The van der Waals surface area contributed by atoms with Crippen LogP contribution in [0.4, 0.5) is 0 Å². The molecule has 2 aromatic rings. The number of rotatable bonds is 5. The predicted octanol–water partition coefficient (Wildman–Crippen LogP) is 1.81. The molecule has 1 atom stereocenters. The predicted molar refractivity (Wildman–Crippen MR) is 82.4 cm³/mol. The van der Waals surface area contributed by atoms with Gasteiger partial charge in [0.25, 0.3) is 5.91 Å². The van der Waals surface area contributed by atoms with Gasteiger partial charge >= 0.3 is 0 Å². The van der Waals surface area contributed by atoms with E-state index in [1.165, 1.54) is 6.07 Å². The van der Waals surface area contributed by atoms with Crippen molar-refractivity contribution < 1.29 is 9.90 Å². The summed E-state index contributed by atoms with van der Waals surface area (Å²) in [5, 5.41) is 12.5. The average Bonchev–Trinajstić information content (AvgIpc) is 2.47. The van der Waals surface area contributed by atoms with E-state index in [1.54, 1.807) is 18.2 Å². The molecule has 1 amide bonds. The fraction of sp³-hybridized carbons (Fsp3) is 0.375. The number of hydrogen-bond acceptors (Lipinski definition) is 3. The van der Waals surface area contributed by atoms with Crippen LogP contribution in [0.1, 0.15) is 37.2 Å². The molecule has 5 nitrogen and oxygen atoms in total. The Balaban J connectivity index is 2.34. The molecule has 0 bridgehead atoms. The molecule has 1 unspecified atom stereocenters. The van der Waals surface area contributed by atoms with Crippen LogP contribution in [-0.4, -0.2) is 28.1 Å². The zero-order chi connectivity index (χ0) is 15.5. The number of aliphatic hydroxyl groups excluding tert-OH is 1. The molecule has 1 aromatic heterocycles. The van der Waals surface area contributed by atoms with Gasteiger partial charge in [-0.15, -0.1) is 0 Å². The normalized spacial score (nSPS) is 13.9. The lowest BCUT2D eigenvalue weighted by molar-refractivity contribution is 0.0881. The second kappa shape index (κ2) is 6.10. The Morgan fingerprint density at radius 1 is 1.38 bits per heavy atom. The van der Waals surface area contributed by atoms with Crippen LogP contribution in [0, 0.1) is 0 Å². The van der Waals surface area contributed by atoms with Gasteiger partial charge in [-0.05, 0) is 31.9 Å². The molecule has 0 saturated carbocycles. The number of fused-ring (bicyclic) bond motifs is 1. The van der Waals surface area contributed by atoms with Gasteiger partial charge in [0, 0.05) is 29.1 Å². The number of carbonyl (C=O) groups excluding carboxylic acids is 1. The van der Waals surface area contributed by atoms with Crippen molar-refractivity contribution >= 4 is 16.8 Å². The number of carbonyl (C=O) groups is 1. The fourth-order valence-corrected chi connectivity index (χ4v) is 2.24. The first kappa shape index (κ1) is 15.3. The summed E-state index contributed by atoms with van der Waals surface area (Å²) >= 11 is 0. The maximum absolute atomic E-state index is 12.3. The maximum Gasteiger partial charge on any atom is 0.268 e. The van der Waals surface area contributed by atoms with Gasteiger partial charge in [0.1, 0.15) is 5.69 Å². The third-order valence-electron chi connectivity index (χ3n) is 3.84. The summed E-state index contributed by atoms with van der Waals surface area (Å²) in [5.74, 6) is -0.337. The van der Waals surface area contributed by atoms with E-state index in [1.807, 2.05) is 19.9 Å².